The second kappa shape index (κ2) is 13.1. The average Bonchev–Trinajstić information content (AvgIpc) is 3.45. The molecule has 2 atom stereocenters. The zero-order chi connectivity index (χ0) is 27.9. The van der Waals surface area contributed by atoms with Crippen LogP contribution in [0.3, 0.4) is 0 Å². The number of nitrogens with zero attached hydrogens (tertiary/aromatic N) is 2. The van der Waals surface area contributed by atoms with Crippen LogP contribution >= 0.6 is 35.0 Å². The van der Waals surface area contributed by atoms with Crippen molar-refractivity contribution in [1.82, 2.24) is 15.2 Å². The maximum atomic E-state index is 13.3. The van der Waals surface area contributed by atoms with E-state index in [0.717, 1.165) is 4.90 Å². The molecule has 3 aromatic rings. The van der Waals surface area contributed by atoms with Crippen molar-refractivity contribution in [3.05, 3.63) is 93.7 Å². The van der Waals surface area contributed by atoms with E-state index >= 15 is 0 Å². The maximum Gasteiger partial charge on any atom is 0.346 e. The number of imide groups is 1. The van der Waals surface area contributed by atoms with Crippen molar-refractivity contribution in [1.29, 1.82) is 0 Å². The number of benzene rings is 2. The second-order valence-electron chi connectivity index (χ2n) is 8.60. The Bertz CT molecular complexity index is 1350. The van der Waals surface area contributed by atoms with Crippen molar-refractivity contribution in [2.45, 2.75) is 24.9 Å². The molecule has 2 heterocycles. The first-order valence-corrected chi connectivity index (χ1v) is 13.7. The number of amides is 2. The Morgan fingerprint density at radius 2 is 1.77 bits per heavy atom. The van der Waals surface area contributed by atoms with Gasteiger partial charge in [-0.3, -0.25) is 24.8 Å². The minimum atomic E-state index is -1.45. The number of carboxylic acid groups (broad SMARTS) is 1. The van der Waals surface area contributed by atoms with Crippen LogP contribution in [0.25, 0.3) is 0 Å². The summed E-state index contributed by atoms with van der Waals surface area (Å²) < 4.78 is 5.37. The van der Waals surface area contributed by atoms with Crippen LogP contribution in [0.4, 0.5) is 0 Å². The summed E-state index contributed by atoms with van der Waals surface area (Å²) in [5.41, 5.74) is 1.09. The molecule has 12 heteroatoms. The number of carbonyl (C=O) groups is 4. The van der Waals surface area contributed by atoms with Crippen molar-refractivity contribution in [3.8, 4) is 5.75 Å². The van der Waals surface area contributed by atoms with Crippen LogP contribution in [0.2, 0.25) is 10.0 Å². The van der Waals surface area contributed by atoms with E-state index in [9.17, 15) is 24.3 Å². The minimum Gasteiger partial charge on any atom is -0.480 e. The van der Waals surface area contributed by atoms with Crippen molar-refractivity contribution in [2.24, 2.45) is 0 Å². The lowest BCUT2D eigenvalue weighted by atomic mass is 10.0. The molecule has 2 amide bonds. The highest BCUT2D eigenvalue weighted by molar-refractivity contribution is 7.99. The first-order valence-electron chi connectivity index (χ1n) is 11.8. The molecule has 1 aliphatic heterocycles. The van der Waals surface area contributed by atoms with Crippen LogP contribution in [0.5, 0.6) is 5.75 Å². The molecule has 202 valence electrons. The molecule has 0 aliphatic carbocycles. The van der Waals surface area contributed by atoms with Gasteiger partial charge in [0.05, 0.1) is 28.1 Å². The fourth-order valence-electron chi connectivity index (χ4n) is 3.99. The number of hydrogen-bond donors (Lipinski definition) is 2. The van der Waals surface area contributed by atoms with Gasteiger partial charge < -0.3 is 9.84 Å². The Balaban J connectivity index is 1.53. The monoisotopic (exact) mass is 587 g/mol. The highest BCUT2D eigenvalue weighted by Crippen LogP contribution is 2.26. The molecule has 0 saturated carbocycles. The van der Waals surface area contributed by atoms with Crippen molar-refractivity contribution < 1.29 is 29.0 Å². The summed E-state index contributed by atoms with van der Waals surface area (Å²) in [6, 6.07) is 11.9. The summed E-state index contributed by atoms with van der Waals surface area (Å²) >= 11 is 13.6. The van der Waals surface area contributed by atoms with Crippen LogP contribution in [0, 0.1) is 0 Å². The van der Waals surface area contributed by atoms with E-state index in [1.54, 1.807) is 36.5 Å². The summed E-state index contributed by atoms with van der Waals surface area (Å²) in [6.45, 7) is 0. The molecular weight excluding hydrogens is 565 g/mol. The Morgan fingerprint density at radius 3 is 2.36 bits per heavy atom. The van der Waals surface area contributed by atoms with Gasteiger partial charge in [-0.1, -0.05) is 47.5 Å². The topological polar surface area (TPSA) is 126 Å². The number of thioether (sulfide) groups is 1. The highest BCUT2D eigenvalue weighted by atomic mass is 35.5. The molecule has 0 unspecified atom stereocenters. The number of rotatable bonds is 9. The van der Waals surface area contributed by atoms with Crippen molar-refractivity contribution >= 4 is 58.7 Å². The lowest BCUT2D eigenvalue weighted by molar-refractivity contribution is -0.158. The number of esters is 1. The zero-order valence-corrected chi connectivity index (χ0v) is 22.7. The number of pyridine rings is 1. The first kappa shape index (κ1) is 28.6. The number of aliphatic carboxylic acids is 1. The average molecular weight is 588 g/mol. The van der Waals surface area contributed by atoms with Crippen molar-refractivity contribution in [2.75, 3.05) is 11.6 Å². The van der Waals surface area contributed by atoms with E-state index in [1.807, 2.05) is 0 Å². The smallest absolute Gasteiger partial charge is 0.346 e. The van der Waals surface area contributed by atoms with Crippen LogP contribution in [-0.4, -0.2) is 62.5 Å². The zero-order valence-electron chi connectivity index (χ0n) is 20.4. The van der Waals surface area contributed by atoms with Gasteiger partial charge in [0.15, 0.2) is 0 Å². The molecular formula is C27H23Cl2N3O6S. The summed E-state index contributed by atoms with van der Waals surface area (Å²) in [5.74, 6) is -2.17. The fourth-order valence-corrected chi connectivity index (χ4v) is 5.48. The summed E-state index contributed by atoms with van der Waals surface area (Å²) in [5, 5.41) is 13.4. The predicted molar refractivity (Wildman–Crippen MR) is 147 cm³/mol. The first-order chi connectivity index (χ1) is 18.7. The molecule has 1 aliphatic rings. The van der Waals surface area contributed by atoms with Crippen LogP contribution in [0.15, 0.2) is 67.0 Å². The maximum absolute atomic E-state index is 13.3. The summed E-state index contributed by atoms with van der Waals surface area (Å²) in [4.78, 5) is 56.4. The lowest BCUT2D eigenvalue weighted by Gasteiger charge is -2.29. The van der Waals surface area contributed by atoms with Crippen LogP contribution in [0.1, 0.15) is 21.5 Å². The van der Waals surface area contributed by atoms with Gasteiger partial charge in [0.1, 0.15) is 11.8 Å². The van der Waals surface area contributed by atoms with Gasteiger partial charge >= 0.3 is 11.9 Å². The molecule has 2 aromatic carbocycles. The van der Waals surface area contributed by atoms with E-state index in [1.165, 1.54) is 42.2 Å². The third kappa shape index (κ3) is 7.15. The normalized spacial score (nSPS) is 15.4. The third-order valence-corrected chi connectivity index (χ3v) is 7.50. The standard InChI is InChI=1S/C27H23Cl2N3O6S/c28-19-4-1-5-20(29)24(19)27(37)38-18-8-6-16(7-9-18)11-22(26(35)36)32(25(34)21-14-39-15-31-21)23(33)12-17-3-2-10-30-13-17/h1-10,13,21-22,31H,11-12,14-15H2,(H,35,36)/t21-,22-/m0/s1. The lowest BCUT2D eigenvalue weighted by Crippen LogP contribution is -2.55. The molecule has 9 nitrogen and oxygen atoms in total. The number of hydrogen-bond acceptors (Lipinski definition) is 8. The molecule has 0 bridgehead atoms. The molecule has 4 rings (SSSR count). The molecule has 0 radical (unpaired) electrons. The number of ether oxygens (including phenoxy) is 1. The van der Waals surface area contributed by atoms with E-state index in [2.05, 4.69) is 10.3 Å². The van der Waals surface area contributed by atoms with Gasteiger partial charge in [-0.25, -0.2) is 9.59 Å². The van der Waals surface area contributed by atoms with E-state index < -0.39 is 35.8 Å². The van der Waals surface area contributed by atoms with Gasteiger partial charge in [0.25, 0.3) is 0 Å². The molecule has 2 N–H and O–H groups in total. The second-order valence-corrected chi connectivity index (χ2v) is 10.4. The summed E-state index contributed by atoms with van der Waals surface area (Å²) in [7, 11) is 0. The Kier molecular flexibility index (Phi) is 9.58. The van der Waals surface area contributed by atoms with E-state index in [-0.39, 0.29) is 34.2 Å². The van der Waals surface area contributed by atoms with Crippen LogP contribution in [-0.2, 0) is 27.2 Å². The van der Waals surface area contributed by atoms with Crippen molar-refractivity contribution in [3.63, 3.8) is 0 Å². The fraction of sp³-hybridized carbons (Fsp3) is 0.222. The van der Waals surface area contributed by atoms with Crippen LogP contribution < -0.4 is 10.1 Å². The highest BCUT2D eigenvalue weighted by Gasteiger charge is 2.39. The van der Waals surface area contributed by atoms with Gasteiger partial charge in [-0.05, 0) is 41.5 Å². The predicted octanol–water partition coefficient (Wildman–Crippen LogP) is 3.86. The number of carbonyl (C=O) groups excluding carboxylic acids is 3. The SMILES string of the molecule is O=C(Oc1ccc(C[C@@H](C(=O)O)N(C(=O)Cc2cccnc2)C(=O)[C@@H]2CSCN2)cc1)c1c(Cl)cccc1Cl. The number of nitrogens with one attached hydrogen (secondary N) is 1. The molecule has 1 saturated heterocycles. The quantitative estimate of drug-likeness (QED) is 0.283. The Hall–Kier alpha value is -3.44. The summed E-state index contributed by atoms with van der Waals surface area (Å²) in [6.07, 6.45) is 2.73. The van der Waals surface area contributed by atoms with E-state index in [0.29, 0.717) is 22.8 Å². The number of halogens is 2. The van der Waals surface area contributed by atoms with Gasteiger partial charge in [-0.15, -0.1) is 11.8 Å². The molecule has 1 fully saturated rings. The Morgan fingerprint density at radius 1 is 1.05 bits per heavy atom. The molecule has 0 spiro atoms. The largest absolute Gasteiger partial charge is 0.480 e. The molecule has 39 heavy (non-hydrogen) atoms. The van der Waals surface area contributed by atoms with Gasteiger partial charge in [-0.2, -0.15) is 0 Å². The van der Waals surface area contributed by atoms with Gasteiger partial charge in [0.2, 0.25) is 11.8 Å². The third-order valence-electron chi connectivity index (χ3n) is 5.93. The van der Waals surface area contributed by atoms with E-state index in [4.69, 9.17) is 27.9 Å². The minimum absolute atomic E-state index is 0.0239. The number of carboxylic acids is 1. The van der Waals surface area contributed by atoms with Gasteiger partial charge in [0, 0.05) is 30.4 Å². The Labute approximate surface area is 238 Å². The molecule has 1 aromatic heterocycles. The number of aromatic nitrogens is 1.